The lowest BCUT2D eigenvalue weighted by atomic mass is 9.85. The molecule has 0 bridgehead atoms. The van der Waals surface area contributed by atoms with Gasteiger partial charge in [-0.25, -0.2) is 0 Å². The Kier molecular flexibility index (Phi) is 5.00. The van der Waals surface area contributed by atoms with Crippen LogP contribution in [0.25, 0.3) is 0 Å². The molecular weight excluding hydrogens is 301 g/mol. The lowest BCUT2D eigenvalue weighted by Crippen LogP contribution is -2.22. The van der Waals surface area contributed by atoms with Gasteiger partial charge in [-0.15, -0.1) is 24.0 Å². The number of rotatable bonds is 3. The van der Waals surface area contributed by atoms with Crippen LogP contribution in [0.4, 0.5) is 0 Å². The Morgan fingerprint density at radius 3 is 1.43 bits per heavy atom. The summed E-state index contributed by atoms with van der Waals surface area (Å²) in [6, 6.07) is 24.2. The van der Waals surface area contributed by atoms with Crippen LogP contribution in [0, 0.1) is 0 Å². The summed E-state index contributed by atoms with van der Waals surface area (Å²) in [5, 5.41) is 0. The second kappa shape index (κ2) is 6.75. The van der Waals surface area contributed by atoms with E-state index in [9.17, 15) is 0 Å². The average molecular weight is 316 g/mol. The molecule has 0 aliphatic heterocycles. The van der Waals surface area contributed by atoms with Gasteiger partial charge in [0.2, 0.25) is 0 Å². The van der Waals surface area contributed by atoms with E-state index >= 15 is 0 Å². The summed E-state index contributed by atoms with van der Waals surface area (Å²) in [6.07, 6.45) is 3.55. The van der Waals surface area contributed by atoms with Crippen LogP contribution >= 0.6 is 24.0 Å². The SMILES string of the molecule is Cl.ClC(c1ccccc1)(c1ccccc1)c1ccncc1. The second-order valence-electron chi connectivity index (χ2n) is 4.63. The van der Waals surface area contributed by atoms with Crippen molar-refractivity contribution in [3.63, 3.8) is 0 Å². The van der Waals surface area contributed by atoms with Gasteiger partial charge in [-0.05, 0) is 28.8 Å². The molecule has 0 atom stereocenters. The van der Waals surface area contributed by atoms with Gasteiger partial charge in [0.05, 0.1) is 0 Å². The summed E-state index contributed by atoms with van der Waals surface area (Å²) in [6.45, 7) is 0. The molecule has 0 aliphatic rings. The van der Waals surface area contributed by atoms with Crippen LogP contribution in [0.2, 0.25) is 0 Å². The van der Waals surface area contributed by atoms with Gasteiger partial charge >= 0.3 is 0 Å². The molecule has 0 saturated carbocycles. The number of benzene rings is 2. The standard InChI is InChI=1S/C18H14ClN.ClH/c19-18(15-7-3-1-4-8-15,16-9-5-2-6-10-16)17-11-13-20-14-12-17;/h1-14H;1H. The largest absolute Gasteiger partial charge is 0.265 e. The fraction of sp³-hybridized carbons (Fsp3) is 0.0556. The molecule has 0 amide bonds. The third kappa shape index (κ3) is 2.94. The van der Waals surface area contributed by atoms with E-state index in [1.54, 1.807) is 12.4 Å². The first-order valence-electron chi connectivity index (χ1n) is 6.52. The van der Waals surface area contributed by atoms with Crippen LogP contribution < -0.4 is 0 Å². The van der Waals surface area contributed by atoms with E-state index < -0.39 is 4.87 Å². The molecule has 0 fully saturated rings. The lowest BCUT2D eigenvalue weighted by Gasteiger charge is -2.29. The highest BCUT2D eigenvalue weighted by Crippen LogP contribution is 2.42. The molecule has 106 valence electrons. The maximum atomic E-state index is 7.09. The van der Waals surface area contributed by atoms with Crippen molar-refractivity contribution in [1.29, 1.82) is 0 Å². The minimum absolute atomic E-state index is 0. The van der Waals surface area contributed by atoms with E-state index in [1.165, 1.54) is 0 Å². The van der Waals surface area contributed by atoms with Crippen LogP contribution in [-0.4, -0.2) is 4.98 Å². The topological polar surface area (TPSA) is 12.9 Å². The predicted molar refractivity (Wildman–Crippen MR) is 90.1 cm³/mol. The molecular formula is C18H15Cl2N. The molecule has 2 aromatic carbocycles. The normalized spacial score (nSPS) is 10.7. The van der Waals surface area contributed by atoms with Gasteiger partial charge in [-0.1, -0.05) is 60.7 Å². The maximum Gasteiger partial charge on any atom is 0.119 e. The number of hydrogen-bond acceptors (Lipinski definition) is 1. The Labute approximate surface area is 136 Å². The van der Waals surface area contributed by atoms with Gasteiger partial charge in [0, 0.05) is 12.4 Å². The first-order chi connectivity index (χ1) is 9.82. The van der Waals surface area contributed by atoms with Crippen LogP contribution in [0.3, 0.4) is 0 Å². The molecule has 1 aromatic heterocycles. The van der Waals surface area contributed by atoms with Crippen LogP contribution in [-0.2, 0) is 4.87 Å². The van der Waals surface area contributed by atoms with Crippen LogP contribution in [0.1, 0.15) is 16.7 Å². The highest BCUT2D eigenvalue weighted by molar-refractivity contribution is 6.28. The number of aromatic nitrogens is 1. The molecule has 0 unspecified atom stereocenters. The molecule has 0 radical (unpaired) electrons. The molecule has 3 heteroatoms. The quantitative estimate of drug-likeness (QED) is 0.617. The molecule has 3 rings (SSSR count). The van der Waals surface area contributed by atoms with Gasteiger partial charge in [0.1, 0.15) is 4.87 Å². The zero-order chi connectivity index (χ0) is 13.8. The lowest BCUT2D eigenvalue weighted by molar-refractivity contribution is 0.875. The van der Waals surface area contributed by atoms with Gasteiger partial charge < -0.3 is 0 Å². The Balaban J connectivity index is 0.00000161. The summed E-state index contributed by atoms with van der Waals surface area (Å²) in [5.41, 5.74) is 3.13. The van der Waals surface area contributed by atoms with Crippen LogP contribution in [0.5, 0.6) is 0 Å². The Hall–Kier alpha value is -1.83. The van der Waals surface area contributed by atoms with Crippen molar-refractivity contribution in [1.82, 2.24) is 4.98 Å². The number of pyridine rings is 1. The molecule has 21 heavy (non-hydrogen) atoms. The third-order valence-electron chi connectivity index (χ3n) is 3.42. The fourth-order valence-electron chi connectivity index (χ4n) is 2.42. The summed E-state index contributed by atoms with van der Waals surface area (Å²) in [4.78, 5) is 3.40. The predicted octanol–water partition coefficient (Wildman–Crippen LogP) is 5.03. The number of nitrogens with zero attached hydrogens (tertiary/aromatic N) is 1. The van der Waals surface area contributed by atoms with E-state index in [0.717, 1.165) is 16.7 Å². The van der Waals surface area contributed by atoms with Crippen molar-refractivity contribution in [3.05, 3.63) is 102 Å². The van der Waals surface area contributed by atoms with E-state index in [1.807, 2.05) is 48.5 Å². The van der Waals surface area contributed by atoms with Crippen molar-refractivity contribution >= 4 is 24.0 Å². The molecule has 1 heterocycles. The van der Waals surface area contributed by atoms with Gasteiger partial charge in [0.15, 0.2) is 0 Å². The van der Waals surface area contributed by atoms with E-state index in [4.69, 9.17) is 11.6 Å². The smallest absolute Gasteiger partial charge is 0.119 e. The molecule has 0 saturated heterocycles. The summed E-state index contributed by atoms with van der Waals surface area (Å²) < 4.78 is 0. The minimum atomic E-state index is -0.689. The van der Waals surface area contributed by atoms with E-state index in [2.05, 4.69) is 29.2 Å². The minimum Gasteiger partial charge on any atom is -0.265 e. The average Bonchev–Trinajstić information content (AvgIpc) is 2.56. The van der Waals surface area contributed by atoms with Gasteiger partial charge in [-0.2, -0.15) is 0 Å². The number of halogens is 2. The molecule has 0 N–H and O–H groups in total. The van der Waals surface area contributed by atoms with E-state index in [0.29, 0.717) is 0 Å². The summed E-state index contributed by atoms with van der Waals surface area (Å²) >= 11 is 7.09. The van der Waals surface area contributed by atoms with Crippen molar-refractivity contribution in [3.8, 4) is 0 Å². The van der Waals surface area contributed by atoms with Crippen molar-refractivity contribution < 1.29 is 0 Å². The van der Waals surface area contributed by atoms with Crippen LogP contribution in [0.15, 0.2) is 85.2 Å². The maximum absolute atomic E-state index is 7.09. The van der Waals surface area contributed by atoms with Gasteiger partial charge in [-0.3, -0.25) is 4.98 Å². The Morgan fingerprint density at radius 1 is 0.619 bits per heavy atom. The van der Waals surface area contributed by atoms with E-state index in [-0.39, 0.29) is 12.4 Å². The first-order valence-corrected chi connectivity index (χ1v) is 6.90. The highest BCUT2D eigenvalue weighted by Gasteiger charge is 2.33. The second-order valence-corrected chi connectivity index (χ2v) is 5.19. The first kappa shape index (κ1) is 15.6. The fourth-order valence-corrected chi connectivity index (χ4v) is 2.80. The monoisotopic (exact) mass is 315 g/mol. The van der Waals surface area contributed by atoms with Gasteiger partial charge in [0.25, 0.3) is 0 Å². The zero-order valence-corrected chi connectivity index (χ0v) is 12.9. The zero-order valence-electron chi connectivity index (χ0n) is 11.3. The van der Waals surface area contributed by atoms with Crippen molar-refractivity contribution in [2.75, 3.05) is 0 Å². The number of hydrogen-bond donors (Lipinski definition) is 0. The summed E-state index contributed by atoms with van der Waals surface area (Å²) in [5.74, 6) is 0. The third-order valence-corrected chi connectivity index (χ3v) is 4.08. The van der Waals surface area contributed by atoms with Crippen molar-refractivity contribution in [2.45, 2.75) is 4.87 Å². The Morgan fingerprint density at radius 2 is 1.00 bits per heavy atom. The number of alkyl halides is 1. The van der Waals surface area contributed by atoms with Crippen molar-refractivity contribution in [2.24, 2.45) is 0 Å². The molecule has 3 aromatic rings. The molecule has 0 aliphatic carbocycles. The Bertz CT molecular complexity index is 573. The molecule has 0 spiro atoms. The highest BCUT2D eigenvalue weighted by atomic mass is 35.5. The molecule has 1 nitrogen and oxygen atoms in total. The summed E-state index contributed by atoms with van der Waals surface area (Å²) in [7, 11) is 0.